The van der Waals surface area contributed by atoms with Crippen molar-refractivity contribution in [1.82, 2.24) is 9.55 Å². The zero-order valence-electron chi connectivity index (χ0n) is 21.0. The van der Waals surface area contributed by atoms with E-state index in [1.807, 2.05) is 0 Å². The van der Waals surface area contributed by atoms with Gasteiger partial charge in [0.05, 0.1) is 36.7 Å². The van der Waals surface area contributed by atoms with Gasteiger partial charge in [-0.1, -0.05) is 0 Å². The lowest BCUT2D eigenvalue weighted by atomic mass is 10.2. The summed E-state index contributed by atoms with van der Waals surface area (Å²) in [4.78, 5) is 28.5. The number of hydrogen-bond acceptors (Lipinski definition) is 9. The van der Waals surface area contributed by atoms with Crippen LogP contribution >= 0.6 is 11.3 Å². The molecular weight excluding hydrogens is 577 g/mol. The molecule has 0 atom stereocenters. The van der Waals surface area contributed by atoms with Gasteiger partial charge in [0, 0.05) is 17.5 Å². The van der Waals surface area contributed by atoms with Gasteiger partial charge in [0.1, 0.15) is 17.7 Å². The summed E-state index contributed by atoms with van der Waals surface area (Å²) in [6, 6.07) is 4.02. The number of thiophene rings is 1. The van der Waals surface area contributed by atoms with Crippen molar-refractivity contribution < 1.29 is 40.0 Å². The Kier molecular flexibility index (Phi) is 7.27. The van der Waals surface area contributed by atoms with Crippen LogP contribution in [0.1, 0.15) is 18.4 Å². The van der Waals surface area contributed by atoms with Crippen LogP contribution in [0.3, 0.4) is 0 Å². The van der Waals surface area contributed by atoms with Gasteiger partial charge < -0.3 is 23.4 Å². The van der Waals surface area contributed by atoms with E-state index in [4.69, 9.17) is 18.4 Å². The van der Waals surface area contributed by atoms with E-state index >= 15 is 4.39 Å². The lowest BCUT2D eigenvalue weighted by Gasteiger charge is -2.16. The van der Waals surface area contributed by atoms with Crippen molar-refractivity contribution in [2.75, 3.05) is 20.0 Å². The SMILES string of the molecule is COc1cc(F)c(-n2c(=O)[nH]c3csc(OS(C)(=O)=O)c3c2=O)cc1OCc1c(OCC2CC2)ccc(F)c1F. The maximum atomic E-state index is 15.2. The number of fused-ring (bicyclic) bond motifs is 1. The normalized spacial score (nSPS) is 13.4. The second kappa shape index (κ2) is 10.5. The van der Waals surface area contributed by atoms with Crippen LogP contribution in [0.5, 0.6) is 22.3 Å². The minimum absolute atomic E-state index is 0.0133. The molecule has 10 nitrogen and oxygen atoms in total. The van der Waals surface area contributed by atoms with Crippen LogP contribution < -0.4 is 29.6 Å². The number of aromatic nitrogens is 2. The van der Waals surface area contributed by atoms with Crippen molar-refractivity contribution in [3.8, 4) is 28.0 Å². The molecule has 1 aliphatic rings. The zero-order valence-corrected chi connectivity index (χ0v) is 22.6. The van der Waals surface area contributed by atoms with Gasteiger partial charge in [0.2, 0.25) is 5.06 Å². The van der Waals surface area contributed by atoms with Crippen LogP contribution in [0, 0.1) is 23.4 Å². The fraction of sp³-hybridized carbons (Fsp3) is 0.280. The van der Waals surface area contributed by atoms with E-state index in [9.17, 15) is 26.8 Å². The first-order chi connectivity index (χ1) is 19.0. The fourth-order valence-electron chi connectivity index (χ4n) is 3.88. The molecule has 2 aromatic heterocycles. The number of nitrogens with zero attached hydrogens (tertiary/aromatic N) is 1. The highest BCUT2D eigenvalue weighted by Gasteiger charge is 2.25. The molecule has 0 saturated heterocycles. The maximum absolute atomic E-state index is 15.2. The van der Waals surface area contributed by atoms with Crippen LogP contribution in [0.15, 0.2) is 39.2 Å². The molecule has 1 aliphatic carbocycles. The summed E-state index contributed by atoms with van der Waals surface area (Å²) in [7, 11) is -2.82. The third-order valence-electron chi connectivity index (χ3n) is 6.02. The van der Waals surface area contributed by atoms with Crippen molar-refractivity contribution in [1.29, 1.82) is 0 Å². The lowest BCUT2D eigenvalue weighted by molar-refractivity contribution is 0.254. The molecule has 40 heavy (non-hydrogen) atoms. The number of halogens is 3. The molecular formula is C25H21F3N2O8S2. The van der Waals surface area contributed by atoms with Gasteiger partial charge in [0.25, 0.3) is 5.56 Å². The molecule has 0 bridgehead atoms. The van der Waals surface area contributed by atoms with E-state index in [-0.39, 0.29) is 38.8 Å². The van der Waals surface area contributed by atoms with Gasteiger partial charge in [-0.2, -0.15) is 8.42 Å². The minimum atomic E-state index is -4.02. The first-order valence-electron chi connectivity index (χ1n) is 11.7. The Morgan fingerprint density at radius 3 is 2.48 bits per heavy atom. The standard InChI is InChI=1S/C25H21F3N2O8S2/c1-35-19-7-15(27)17(30-23(31)21-16(29-25(30)32)11-39-24(21)38-40(2,33)34)8-20(19)37-10-13-18(36-9-12-3-4-12)6-5-14(26)22(13)28/h5-8,11-12H,3-4,9-10H2,1-2H3,(H,29,32). The van der Waals surface area contributed by atoms with Gasteiger partial charge in [-0.25, -0.2) is 22.5 Å². The highest BCUT2D eigenvalue weighted by molar-refractivity contribution is 7.86. The Balaban J connectivity index is 1.56. The smallest absolute Gasteiger partial charge is 0.333 e. The largest absolute Gasteiger partial charge is 0.493 e. The summed E-state index contributed by atoms with van der Waals surface area (Å²) < 4.78 is 88.9. The van der Waals surface area contributed by atoms with Crippen molar-refractivity contribution in [3.05, 3.63) is 73.5 Å². The Labute approximate surface area is 228 Å². The number of aromatic amines is 1. The van der Waals surface area contributed by atoms with Gasteiger partial charge in [-0.15, -0.1) is 11.3 Å². The summed E-state index contributed by atoms with van der Waals surface area (Å²) in [6.07, 6.45) is 2.73. The van der Waals surface area contributed by atoms with E-state index in [1.54, 1.807) is 0 Å². The van der Waals surface area contributed by atoms with E-state index in [1.165, 1.54) is 18.6 Å². The summed E-state index contributed by atoms with van der Waals surface area (Å²) in [5.74, 6) is -3.35. The summed E-state index contributed by atoms with van der Waals surface area (Å²) in [5.41, 5.74) is -2.93. The van der Waals surface area contributed by atoms with Crippen molar-refractivity contribution in [2.24, 2.45) is 5.92 Å². The number of rotatable bonds is 10. The third-order valence-corrected chi connectivity index (χ3v) is 7.45. The first kappa shape index (κ1) is 27.6. The van der Waals surface area contributed by atoms with Gasteiger partial charge in [0.15, 0.2) is 29.0 Å². The number of ether oxygens (including phenoxy) is 3. The number of methoxy groups -OCH3 is 1. The quantitative estimate of drug-likeness (QED) is 0.273. The maximum Gasteiger partial charge on any atom is 0.333 e. The molecule has 0 amide bonds. The Morgan fingerprint density at radius 2 is 1.80 bits per heavy atom. The molecule has 4 aromatic rings. The average Bonchev–Trinajstić information content (AvgIpc) is 3.64. The van der Waals surface area contributed by atoms with Gasteiger partial charge in [-0.3, -0.25) is 4.79 Å². The molecule has 212 valence electrons. The highest BCUT2D eigenvalue weighted by atomic mass is 32.2. The monoisotopic (exact) mass is 598 g/mol. The zero-order chi connectivity index (χ0) is 28.8. The molecule has 15 heteroatoms. The lowest BCUT2D eigenvalue weighted by Crippen LogP contribution is -2.34. The second-order valence-electron chi connectivity index (χ2n) is 9.01. The summed E-state index contributed by atoms with van der Waals surface area (Å²) in [5, 5.41) is 0.684. The Bertz CT molecular complexity index is 1850. The second-order valence-corrected chi connectivity index (χ2v) is 11.4. The number of nitrogens with one attached hydrogen (secondary N) is 1. The fourth-order valence-corrected chi connectivity index (χ4v) is 5.49. The molecule has 0 unspecified atom stereocenters. The molecule has 1 N–H and O–H groups in total. The van der Waals surface area contributed by atoms with Crippen molar-refractivity contribution in [2.45, 2.75) is 19.4 Å². The molecule has 2 aromatic carbocycles. The van der Waals surface area contributed by atoms with Gasteiger partial charge >= 0.3 is 15.8 Å². The number of H-pyrrole nitrogens is 1. The third kappa shape index (κ3) is 5.51. The van der Waals surface area contributed by atoms with Crippen molar-refractivity contribution in [3.63, 3.8) is 0 Å². The summed E-state index contributed by atoms with van der Waals surface area (Å²) >= 11 is 0.748. The average molecular weight is 599 g/mol. The summed E-state index contributed by atoms with van der Waals surface area (Å²) in [6.45, 7) is -0.240. The number of benzene rings is 2. The number of hydrogen-bond donors (Lipinski definition) is 1. The van der Waals surface area contributed by atoms with Crippen LogP contribution in [0.2, 0.25) is 0 Å². The van der Waals surface area contributed by atoms with Gasteiger partial charge in [-0.05, 0) is 30.9 Å². The predicted molar refractivity (Wildman–Crippen MR) is 139 cm³/mol. The molecule has 0 spiro atoms. The topological polar surface area (TPSA) is 126 Å². The Morgan fingerprint density at radius 1 is 1.05 bits per heavy atom. The first-order valence-corrected chi connectivity index (χ1v) is 14.4. The molecule has 5 rings (SSSR count). The molecule has 1 saturated carbocycles. The minimum Gasteiger partial charge on any atom is -0.493 e. The molecule has 1 fully saturated rings. The van der Waals surface area contributed by atoms with Crippen LogP contribution in [0.25, 0.3) is 16.6 Å². The van der Waals surface area contributed by atoms with E-state index in [0.29, 0.717) is 17.1 Å². The Hall–Kier alpha value is -3.98. The molecule has 2 heterocycles. The highest BCUT2D eigenvalue weighted by Crippen LogP contribution is 2.35. The van der Waals surface area contributed by atoms with E-state index < -0.39 is 51.1 Å². The van der Waals surface area contributed by atoms with Crippen LogP contribution in [-0.2, 0) is 16.7 Å². The predicted octanol–water partition coefficient (Wildman–Crippen LogP) is 3.87. The van der Waals surface area contributed by atoms with Crippen molar-refractivity contribution >= 4 is 32.4 Å². The van der Waals surface area contributed by atoms with E-state index in [2.05, 4.69) is 4.98 Å². The van der Waals surface area contributed by atoms with E-state index in [0.717, 1.165) is 48.6 Å². The van der Waals surface area contributed by atoms with Crippen LogP contribution in [-0.4, -0.2) is 37.9 Å². The van der Waals surface area contributed by atoms with Crippen LogP contribution in [0.4, 0.5) is 13.2 Å². The molecule has 0 radical (unpaired) electrons. The molecule has 0 aliphatic heterocycles.